The lowest BCUT2D eigenvalue weighted by molar-refractivity contribution is 1.38. The van der Waals surface area contributed by atoms with Gasteiger partial charge in [0.15, 0.2) is 0 Å². The first kappa shape index (κ1) is 23.0. The van der Waals surface area contributed by atoms with Gasteiger partial charge in [0.25, 0.3) is 0 Å². The highest BCUT2D eigenvalue weighted by atomic mass is 15.3. The molecule has 2 aliphatic heterocycles. The van der Waals surface area contributed by atoms with Crippen LogP contribution in [0.15, 0.2) is 158 Å². The molecule has 2 nitrogen and oxygen atoms in total. The van der Waals surface area contributed by atoms with Gasteiger partial charge in [-0.2, -0.15) is 0 Å². The molecule has 0 spiro atoms. The Bertz CT molecular complexity index is 1780. The van der Waals surface area contributed by atoms with Crippen molar-refractivity contribution >= 4 is 58.3 Å². The third kappa shape index (κ3) is 3.53. The van der Waals surface area contributed by atoms with Gasteiger partial charge in [0.2, 0.25) is 6.71 Å². The van der Waals surface area contributed by atoms with E-state index >= 15 is 0 Å². The fraction of sp³-hybridized carbons (Fsp3) is 0. The minimum Gasteiger partial charge on any atom is -0.360 e. The van der Waals surface area contributed by atoms with Crippen LogP contribution in [0.2, 0.25) is 0 Å². The van der Waals surface area contributed by atoms with Crippen LogP contribution in [0.4, 0.5) is 22.7 Å². The molecular weight excluding hydrogens is 482 g/mol. The lowest BCUT2D eigenvalue weighted by atomic mass is 9.37. The summed E-state index contributed by atoms with van der Waals surface area (Å²) in [6.07, 6.45) is 0. The second-order valence-corrected chi connectivity index (χ2v) is 10.6. The lowest BCUT2D eigenvalue weighted by Crippen LogP contribution is -2.55. The molecule has 8 rings (SSSR count). The van der Waals surface area contributed by atoms with Crippen LogP contribution in [0.25, 0.3) is 11.1 Å². The van der Waals surface area contributed by atoms with Gasteiger partial charge in [-0.25, -0.2) is 0 Å². The van der Waals surface area contributed by atoms with Gasteiger partial charge in [0, 0.05) is 16.9 Å². The predicted molar refractivity (Wildman–Crippen MR) is 172 cm³/mol. The Morgan fingerprint density at radius 2 is 0.850 bits per heavy atom. The monoisotopic (exact) mass is 508 g/mol. The van der Waals surface area contributed by atoms with Crippen molar-refractivity contribution in [3.63, 3.8) is 0 Å². The summed E-state index contributed by atoms with van der Waals surface area (Å²) in [6.45, 7) is 0.231. The van der Waals surface area contributed by atoms with Gasteiger partial charge in [0.1, 0.15) is 0 Å². The Hall–Kier alpha value is -4.95. The highest BCUT2D eigenvalue weighted by Crippen LogP contribution is 2.50. The van der Waals surface area contributed by atoms with Crippen molar-refractivity contribution in [2.24, 2.45) is 0 Å². The van der Waals surface area contributed by atoms with Gasteiger partial charge in [-0.15, -0.1) is 0 Å². The second kappa shape index (κ2) is 9.36. The average Bonchev–Trinajstić information content (AvgIpc) is 3.39. The highest BCUT2D eigenvalue weighted by molar-refractivity contribution is 6.95. The van der Waals surface area contributed by atoms with Crippen LogP contribution >= 0.6 is 0 Å². The number of nitrogens with zero attached hydrogens (tertiary/aromatic N) is 2. The summed E-state index contributed by atoms with van der Waals surface area (Å²) in [5, 5.41) is 0. The second-order valence-electron chi connectivity index (χ2n) is 10.6. The molecule has 2 heterocycles. The Kier molecular flexibility index (Phi) is 5.38. The molecule has 0 saturated carbocycles. The maximum Gasteiger partial charge on any atom is 0.421 e. The number of para-hydroxylation sites is 3. The van der Waals surface area contributed by atoms with Crippen molar-refractivity contribution in [2.75, 3.05) is 9.62 Å². The zero-order chi connectivity index (χ0) is 26.5. The molecule has 6 aromatic rings. The Balaban J connectivity index is 1.27. The summed E-state index contributed by atoms with van der Waals surface area (Å²) >= 11 is 0. The lowest BCUT2D eigenvalue weighted by Gasteiger charge is -2.36. The maximum absolute atomic E-state index is 2.51. The van der Waals surface area contributed by atoms with E-state index in [4.69, 9.17) is 0 Å². The molecule has 40 heavy (non-hydrogen) atoms. The van der Waals surface area contributed by atoms with Crippen molar-refractivity contribution in [3.8, 4) is 11.1 Å². The summed E-state index contributed by atoms with van der Waals surface area (Å²) < 4.78 is 0. The summed E-state index contributed by atoms with van der Waals surface area (Å²) in [5.41, 5.74) is 12.7. The summed E-state index contributed by atoms with van der Waals surface area (Å²) in [7, 11) is 0. The van der Waals surface area contributed by atoms with Gasteiger partial charge < -0.3 is 9.62 Å². The van der Waals surface area contributed by atoms with E-state index in [1.54, 1.807) is 0 Å². The van der Waals surface area contributed by atoms with Crippen LogP contribution in [-0.4, -0.2) is 13.7 Å². The highest BCUT2D eigenvalue weighted by Gasteiger charge is 2.47. The molecule has 6 aromatic carbocycles. The Labute approximate surface area is 236 Å². The van der Waals surface area contributed by atoms with E-state index in [9.17, 15) is 0 Å². The molecule has 0 bridgehead atoms. The fourth-order valence-electron chi connectivity index (χ4n) is 6.65. The number of benzene rings is 6. The van der Waals surface area contributed by atoms with E-state index in [1.165, 1.54) is 55.7 Å². The zero-order valence-electron chi connectivity index (χ0n) is 22.1. The van der Waals surface area contributed by atoms with Crippen LogP contribution in [-0.2, 0) is 0 Å². The molecule has 0 saturated heterocycles. The molecule has 0 aromatic heterocycles. The van der Waals surface area contributed by atoms with Crippen molar-refractivity contribution in [2.45, 2.75) is 0 Å². The smallest absolute Gasteiger partial charge is 0.360 e. The normalized spacial score (nSPS) is 12.8. The third-order valence-electron chi connectivity index (χ3n) is 8.35. The molecule has 0 atom stereocenters. The van der Waals surface area contributed by atoms with Crippen LogP contribution in [0.3, 0.4) is 0 Å². The minimum atomic E-state index is 0.0494. The third-order valence-corrected chi connectivity index (χ3v) is 8.35. The van der Waals surface area contributed by atoms with Gasteiger partial charge in [-0.3, -0.25) is 0 Å². The van der Waals surface area contributed by atoms with Crippen LogP contribution in [0.1, 0.15) is 0 Å². The Morgan fingerprint density at radius 3 is 1.50 bits per heavy atom. The van der Waals surface area contributed by atoms with E-state index in [0.717, 1.165) is 0 Å². The molecule has 0 N–H and O–H groups in total. The Morgan fingerprint density at radius 1 is 0.375 bits per heavy atom. The first-order valence-electron chi connectivity index (χ1n) is 13.9. The number of hydrogen-bond donors (Lipinski definition) is 0. The van der Waals surface area contributed by atoms with Crippen molar-refractivity contribution in [1.82, 2.24) is 0 Å². The molecule has 0 fully saturated rings. The maximum atomic E-state index is 2.51. The zero-order valence-corrected chi connectivity index (χ0v) is 22.1. The van der Waals surface area contributed by atoms with E-state index in [-0.39, 0.29) is 13.7 Å². The number of hydrogen-bond acceptors (Lipinski definition) is 2. The fourth-order valence-corrected chi connectivity index (χ4v) is 6.65. The molecule has 4 heteroatoms. The van der Waals surface area contributed by atoms with E-state index in [2.05, 4.69) is 167 Å². The van der Waals surface area contributed by atoms with Crippen LogP contribution < -0.4 is 31.5 Å². The summed E-state index contributed by atoms with van der Waals surface area (Å²) in [5.74, 6) is 0. The largest absolute Gasteiger partial charge is 0.421 e. The average molecular weight is 508 g/mol. The van der Waals surface area contributed by atoms with E-state index in [0.29, 0.717) is 0 Å². The molecule has 0 radical (unpaired) electrons. The van der Waals surface area contributed by atoms with Crippen LogP contribution in [0, 0.1) is 0 Å². The molecule has 0 unspecified atom stereocenters. The number of rotatable bonds is 4. The first-order valence-corrected chi connectivity index (χ1v) is 13.9. The van der Waals surface area contributed by atoms with E-state index < -0.39 is 0 Å². The number of anilines is 4. The van der Waals surface area contributed by atoms with Crippen molar-refractivity contribution in [1.29, 1.82) is 0 Å². The van der Waals surface area contributed by atoms with Crippen molar-refractivity contribution < 1.29 is 0 Å². The number of fused-ring (bicyclic) bond motifs is 8. The van der Waals surface area contributed by atoms with Gasteiger partial charge in [-0.05, 0) is 41.4 Å². The summed E-state index contributed by atoms with van der Waals surface area (Å²) in [4.78, 5) is 5.02. The van der Waals surface area contributed by atoms with Gasteiger partial charge in [0.05, 0.1) is 11.4 Å². The standard InChI is InChI=1S/C36H26B2N2/c1-3-13-27(14-4-1)37(28-15-5-2-6-16-28)29-23-25-30(26-24-29)39-35-21-11-12-22-36(35)40-34-20-10-8-18-32(34)31-17-7-9-19-33(31)38(39)40/h1-26H. The summed E-state index contributed by atoms with van der Waals surface area (Å²) in [6, 6.07) is 57.3. The minimum absolute atomic E-state index is 0.0494. The molecule has 0 amide bonds. The van der Waals surface area contributed by atoms with Gasteiger partial charge >= 0.3 is 6.98 Å². The predicted octanol–water partition coefficient (Wildman–Crippen LogP) is 5.87. The topological polar surface area (TPSA) is 6.48 Å². The van der Waals surface area contributed by atoms with Gasteiger partial charge in [-0.1, -0.05) is 144 Å². The molecule has 2 aliphatic rings. The SMILES string of the molecule is c1ccc(B(c2ccccc2)c2ccc(N3B4c5ccccc5-c5ccccc5N4c4ccccc43)cc2)cc1. The van der Waals surface area contributed by atoms with Crippen molar-refractivity contribution in [3.05, 3.63) is 158 Å². The van der Waals surface area contributed by atoms with Crippen LogP contribution in [0.5, 0.6) is 0 Å². The molecule has 0 aliphatic carbocycles. The first-order chi connectivity index (χ1) is 19.9. The van der Waals surface area contributed by atoms with E-state index in [1.807, 2.05) is 0 Å². The quantitative estimate of drug-likeness (QED) is 0.275. The molecular formula is C36H26B2N2. The molecule has 186 valence electrons.